The van der Waals surface area contributed by atoms with Crippen LogP contribution in [0.25, 0.3) is 0 Å². The number of benzene rings is 2. The lowest BCUT2D eigenvalue weighted by Crippen LogP contribution is -2.32. The molecular weight excluding hydrogens is 398 g/mol. The lowest BCUT2D eigenvalue weighted by atomic mass is 10.1. The van der Waals surface area contributed by atoms with Crippen LogP contribution in [-0.4, -0.2) is 48.5 Å². The van der Waals surface area contributed by atoms with Gasteiger partial charge in [-0.2, -0.15) is 5.26 Å². The van der Waals surface area contributed by atoms with Crippen LogP contribution in [0.3, 0.4) is 0 Å². The van der Waals surface area contributed by atoms with Gasteiger partial charge in [-0.3, -0.25) is 9.69 Å². The number of hydrogen-bond acceptors (Lipinski definition) is 5. The number of unbranched alkanes of at least 4 members (excludes halogenated alkanes) is 1. The molecule has 0 saturated heterocycles. The van der Waals surface area contributed by atoms with Crippen LogP contribution >= 0.6 is 0 Å². The predicted octanol–water partition coefficient (Wildman–Crippen LogP) is 5.01. The van der Waals surface area contributed by atoms with Gasteiger partial charge in [-0.05, 0) is 75.1 Å². The van der Waals surface area contributed by atoms with Crippen LogP contribution in [0.4, 0.5) is 0 Å². The Morgan fingerprint density at radius 3 is 2.06 bits per heavy atom. The Labute approximate surface area is 193 Å². The molecule has 0 aliphatic heterocycles. The first-order valence-electron chi connectivity index (χ1n) is 11.8. The summed E-state index contributed by atoms with van der Waals surface area (Å²) in [6, 6.07) is 19.5. The third-order valence-electron chi connectivity index (χ3n) is 5.36. The van der Waals surface area contributed by atoms with Crippen LogP contribution in [0.15, 0.2) is 54.6 Å². The molecule has 5 nitrogen and oxygen atoms in total. The van der Waals surface area contributed by atoms with Crippen molar-refractivity contribution in [2.45, 2.75) is 52.7 Å². The van der Waals surface area contributed by atoms with Gasteiger partial charge in [-0.15, -0.1) is 0 Å². The van der Waals surface area contributed by atoms with Gasteiger partial charge in [0.15, 0.2) is 0 Å². The highest BCUT2D eigenvalue weighted by Gasteiger charge is 2.13. The molecule has 0 radical (unpaired) electrons. The molecule has 0 aliphatic rings. The largest absolute Gasteiger partial charge is 0.460 e. The van der Waals surface area contributed by atoms with Crippen molar-refractivity contribution in [1.29, 1.82) is 5.26 Å². The Bertz CT molecular complexity index is 809. The number of rotatable bonds is 15. The fourth-order valence-corrected chi connectivity index (χ4v) is 3.76. The number of nitrogens with zero attached hydrogens (tertiary/aromatic N) is 3. The van der Waals surface area contributed by atoms with E-state index in [4.69, 9.17) is 10.00 Å². The van der Waals surface area contributed by atoms with Gasteiger partial charge in [0.25, 0.3) is 0 Å². The minimum absolute atomic E-state index is 0.207. The van der Waals surface area contributed by atoms with E-state index in [-0.39, 0.29) is 12.5 Å². The molecule has 2 aromatic rings. The summed E-state index contributed by atoms with van der Waals surface area (Å²) in [6.45, 7) is 9.92. The third kappa shape index (κ3) is 10.1. The first-order valence-corrected chi connectivity index (χ1v) is 11.8. The number of esters is 1. The second-order valence-electron chi connectivity index (χ2n) is 8.21. The molecule has 0 fully saturated rings. The molecule has 0 aliphatic carbocycles. The molecule has 0 N–H and O–H groups in total. The summed E-state index contributed by atoms with van der Waals surface area (Å²) in [4.78, 5) is 17.2. The maximum Gasteiger partial charge on any atom is 0.320 e. The van der Waals surface area contributed by atoms with Gasteiger partial charge < -0.3 is 9.64 Å². The number of hydrogen-bond donors (Lipinski definition) is 0. The van der Waals surface area contributed by atoms with Crippen molar-refractivity contribution >= 4 is 5.97 Å². The van der Waals surface area contributed by atoms with E-state index in [0.29, 0.717) is 18.7 Å². The molecule has 172 valence electrons. The van der Waals surface area contributed by atoms with E-state index in [2.05, 4.69) is 29.7 Å². The fourth-order valence-electron chi connectivity index (χ4n) is 3.76. The van der Waals surface area contributed by atoms with Crippen LogP contribution < -0.4 is 0 Å². The van der Waals surface area contributed by atoms with E-state index in [1.54, 1.807) is 0 Å². The number of nitriles is 1. The molecule has 0 saturated carbocycles. The fraction of sp³-hybridized carbons (Fsp3) is 0.481. The second kappa shape index (κ2) is 15.2. The molecule has 0 heterocycles. The van der Waals surface area contributed by atoms with Crippen molar-refractivity contribution < 1.29 is 9.53 Å². The van der Waals surface area contributed by atoms with Crippen molar-refractivity contribution in [2.75, 3.05) is 32.7 Å². The SMILES string of the molecule is CCCN(CCC)CCCCN(CC(=O)OCc1ccccc1)Cc1ccc(C#N)cc1. The number of ether oxygens (including phenoxy) is 1. The highest BCUT2D eigenvalue weighted by atomic mass is 16.5. The zero-order chi connectivity index (χ0) is 23.0. The van der Waals surface area contributed by atoms with Crippen LogP contribution in [0, 0.1) is 11.3 Å². The van der Waals surface area contributed by atoms with Crippen molar-refractivity contribution in [3.8, 4) is 6.07 Å². The monoisotopic (exact) mass is 435 g/mol. The summed E-state index contributed by atoms with van der Waals surface area (Å²) in [6.07, 6.45) is 4.51. The number of carbonyl (C=O) groups is 1. The quantitative estimate of drug-likeness (QED) is 0.291. The molecule has 0 bridgehead atoms. The maximum absolute atomic E-state index is 12.5. The Balaban J connectivity index is 1.89. The van der Waals surface area contributed by atoms with Gasteiger partial charge in [0, 0.05) is 6.54 Å². The Morgan fingerprint density at radius 1 is 0.844 bits per heavy atom. The topological polar surface area (TPSA) is 56.6 Å². The Morgan fingerprint density at radius 2 is 1.47 bits per heavy atom. The van der Waals surface area contributed by atoms with E-state index in [1.807, 2.05) is 54.6 Å². The molecule has 0 unspecified atom stereocenters. The molecule has 5 heteroatoms. The predicted molar refractivity (Wildman–Crippen MR) is 129 cm³/mol. The highest BCUT2D eigenvalue weighted by Crippen LogP contribution is 2.10. The summed E-state index contributed by atoms with van der Waals surface area (Å²) >= 11 is 0. The van der Waals surface area contributed by atoms with E-state index in [0.717, 1.165) is 50.1 Å². The van der Waals surface area contributed by atoms with Crippen LogP contribution in [0.5, 0.6) is 0 Å². The van der Waals surface area contributed by atoms with E-state index in [1.165, 1.54) is 12.8 Å². The zero-order valence-corrected chi connectivity index (χ0v) is 19.6. The summed E-state index contributed by atoms with van der Waals surface area (Å²) < 4.78 is 5.51. The minimum Gasteiger partial charge on any atom is -0.460 e. The van der Waals surface area contributed by atoms with Crippen LogP contribution in [0.2, 0.25) is 0 Å². The molecule has 2 rings (SSSR count). The normalized spacial score (nSPS) is 11.0. The summed E-state index contributed by atoms with van der Waals surface area (Å²) in [5.74, 6) is -0.207. The molecule has 0 amide bonds. The van der Waals surface area contributed by atoms with E-state index < -0.39 is 0 Å². The standard InChI is InChI=1S/C27H37N3O2/c1-3-16-29(17-4-2)18-8-9-19-30(21-25-14-12-24(20-28)13-15-25)22-27(31)32-23-26-10-6-5-7-11-26/h5-7,10-15H,3-4,8-9,16-19,21-23H2,1-2H3. The smallest absolute Gasteiger partial charge is 0.320 e. The average molecular weight is 436 g/mol. The van der Waals surface area contributed by atoms with Gasteiger partial charge in [0.1, 0.15) is 6.61 Å². The number of carbonyl (C=O) groups excluding carboxylic acids is 1. The first kappa shape index (κ1) is 25.6. The summed E-state index contributed by atoms with van der Waals surface area (Å²) in [7, 11) is 0. The minimum atomic E-state index is -0.207. The van der Waals surface area contributed by atoms with Crippen molar-refractivity contribution in [3.63, 3.8) is 0 Å². The lowest BCUT2D eigenvalue weighted by Gasteiger charge is -2.24. The Kier molecular flexibility index (Phi) is 12.1. The van der Waals surface area contributed by atoms with Gasteiger partial charge in [0.2, 0.25) is 0 Å². The molecular formula is C27H37N3O2. The first-order chi connectivity index (χ1) is 15.6. The van der Waals surface area contributed by atoms with Crippen molar-refractivity contribution in [2.24, 2.45) is 0 Å². The molecule has 0 spiro atoms. The van der Waals surface area contributed by atoms with Gasteiger partial charge in [-0.1, -0.05) is 56.3 Å². The van der Waals surface area contributed by atoms with E-state index in [9.17, 15) is 4.79 Å². The van der Waals surface area contributed by atoms with Crippen molar-refractivity contribution in [3.05, 3.63) is 71.3 Å². The maximum atomic E-state index is 12.5. The highest BCUT2D eigenvalue weighted by molar-refractivity contribution is 5.71. The summed E-state index contributed by atoms with van der Waals surface area (Å²) in [5.41, 5.74) is 2.74. The van der Waals surface area contributed by atoms with Gasteiger partial charge in [0.05, 0.1) is 18.2 Å². The van der Waals surface area contributed by atoms with Gasteiger partial charge in [-0.25, -0.2) is 0 Å². The average Bonchev–Trinajstić information content (AvgIpc) is 2.82. The molecule has 0 aromatic heterocycles. The van der Waals surface area contributed by atoms with E-state index >= 15 is 0 Å². The van der Waals surface area contributed by atoms with Crippen molar-refractivity contribution in [1.82, 2.24) is 9.80 Å². The van der Waals surface area contributed by atoms with Crippen LogP contribution in [-0.2, 0) is 22.7 Å². The zero-order valence-electron chi connectivity index (χ0n) is 19.6. The second-order valence-corrected chi connectivity index (χ2v) is 8.21. The molecule has 32 heavy (non-hydrogen) atoms. The van der Waals surface area contributed by atoms with Gasteiger partial charge >= 0.3 is 5.97 Å². The lowest BCUT2D eigenvalue weighted by molar-refractivity contribution is -0.146. The molecule has 0 atom stereocenters. The summed E-state index contributed by atoms with van der Waals surface area (Å²) in [5, 5.41) is 9.02. The molecule has 2 aromatic carbocycles. The Hall–Kier alpha value is -2.68. The van der Waals surface area contributed by atoms with Crippen LogP contribution in [0.1, 0.15) is 56.2 Å². The third-order valence-corrected chi connectivity index (χ3v) is 5.36.